The maximum absolute atomic E-state index is 13.3. The lowest BCUT2D eigenvalue weighted by Crippen LogP contribution is -2.04. The summed E-state index contributed by atoms with van der Waals surface area (Å²) in [4.78, 5) is 15.7. The second-order valence-corrected chi connectivity index (χ2v) is 4.44. The lowest BCUT2D eigenvalue weighted by molar-refractivity contribution is 0.0992. The Morgan fingerprint density at radius 2 is 1.94 bits per heavy atom. The number of ketones is 1. The molecule has 0 bridgehead atoms. The van der Waals surface area contributed by atoms with Gasteiger partial charge in [0.25, 0.3) is 0 Å². The Morgan fingerprint density at radius 3 is 2.59 bits per heavy atom. The van der Waals surface area contributed by atoms with Gasteiger partial charge in [-0.3, -0.25) is 9.78 Å². The number of hydrogen-bond acceptors (Lipinski definition) is 2. The Labute approximate surface area is 107 Å². The second kappa shape index (κ2) is 5.19. The quantitative estimate of drug-likeness (QED) is 0.812. The van der Waals surface area contributed by atoms with Crippen LogP contribution in [0.15, 0.2) is 47.2 Å². The van der Waals surface area contributed by atoms with Crippen molar-refractivity contribution < 1.29 is 9.18 Å². The van der Waals surface area contributed by atoms with Gasteiger partial charge >= 0.3 is 0 Å². The second-order valence-electron chi connectivity index (χ2n) is 3.58. The van der Waals surface area contributed by atoms with Gasteiger partial charge in [-0.25, -0.2) is 4.39 Å². The SMILES string of the molecule is O=C(Cc1ccncc1)c1ccc(Br)c(F)c1. The minimum atomic E-state index is -0.425. The Hall–Kier alpha value is -1.55. The molecule has 0 atom stereocenters. The number of aromatic nitrogens is 1. The molecule has 0 amide bonds. The number of nitrogens with zero attached hydrogens (tertiary/aromatic N) is 1. The number of hydrogen-bond donors (Lipinski definition) is 0. The van der Waals surface area contributed by atoms with E-state index >= 15 is 0 Å². The van der Waals surface area contributed by atoms with Crippen LogP contribution in [0.3, 0.4) is 0 Å². The van der Waals surface area contributed by atoms with Crippen LogP contribution >= 0.6 is 15.9 Å². The van der Waals surface area contributed by atoms with Crippen molar-refractivity contribution in [3.63, 3.8) is 0 Å². The van der Waals surface area contributed by atoms with Gasteiger partial charge in [0, 0.05) is 24.4 Å². The summed E-state index contributed by atoms with van der Waals surface area (Å²) in [5.74, 6) is -0.534. The van der Waals surface area contributed by atoms with Crippen LogP contribution in [-0.4, -0.2) is 10.8 Å². The first-order valence-electron chi connectivity index (χ1n) is 5.04. The topological polar surface area (TPSA) is 30.0 Å². The molecule has 0 N–H and O–H groups in total. The molecule has 2 nitrogen and oxygen atoms in total. The molecule has 1 aromatic carbocycles. The van der Waals surface area contributed by atoms with Crippen LogP contribution in [0.2, 0.25) is 0 Å². The summed E-state index contributed by atoms with van der Waals surface area (Å²) in [5.41, 5.74) is 1.25. The predicted octanol–water partition coefficient (Wildman–Crippen LogP) is 3.41. The first kappa shape index (κ1) is 11.9. The molecular formula is C13H9BrFNO. The Kier molecular flexibility index (Phi) is 3.64. The van der Waals surface area contributed by atoms with E-state index < -0.39 is 5.82 Å². The Balaban J connectivity index is 2.18. The van der Waals surface area contributed by atoms with Crippen molar-refractivity contribution in [2.24, 2.45) is 0 Å². The molecule has 0 radical (unpaired) electrons. The summed E-state index contributed by atoms with van der Waals surface area (Å²) in [6, 6.07) is 7.93. The fourth-order valence-corrected chi connectivity index (χ4v) is 1.70. The summed E-state index contributed by atoms with van der Waals surface area (Å²) >= 11 is 3.05. The van der Waals surface area contributed by atoms with Crippen LogP contribution in [-0.2, 0) is 6.42 Å². The minimum Gasteiger partial charge on any atom is -0.294 e. The lowest BCUT2D eigenvalue weighted by Gasteiger charge is -2.02. The van der Waals surface area contributed by atoms with E-state index in [0.29, 0.717) is 10.0 Å². The van der Waals surface area contributed by atoms with Crippen LogP contribution < -0.4 is 0 Å². The highest BCUT2D eigenvalue weighted by Crippen LogP contribution is 2.17. The number of rotatable bonds is 3. The zero-order valence-corrected chi connectivity index (χ0v) is 10.4. The standard InChI is InChI=1S/C13H9BrFNO/c14-11-2-1-10(8-12(11)15)13(17)7-9-3-5-16-6-4-9/h1-6,8H,7H2. The largest absolute Gasteiger partial charge is 0.294 e. The van der Waals surface area contributed by atoms with Crippen LogP contribution in [0.4, 0.5) is 4.39 Å². The third-order valence-corrected chi connectivity index (χ3v) is 3.00. The Morgan fingerprint density at radius 1 is 1.24 bits per heavy atom. The molecule has 4 heteroatoms. The molecular weight excluding hydrogens is 285 g/mol. The van der Waals surface area contributed by atoms with E-state index in [9.17, 15) is 9.18 Å². The van der Waals surface area contributed by atoms with Gasteiger partial charge in [-0.15, -0.1) is 0 Å². The van der Waals surface area contributed by atoms with Gasteiger partial charge in [0.05, 0.1) is 4.47 Å². The van der Waals surface area contributed by atoms with Crippen molar-refractivity contribution in [3.05, 3.63) is 64.1 Å². The van der Waals surface area contributed by atoms with Gasteiger partial charge < -0.3 is 0 Å². The van der Waals surface area contributed by atoms with Crippen molar-refractivity contribution in [1.29, 1.82) is 0 Å². The Bertz CT molecular complexity index is 542. The average molecular weight is 294 g/mol. The summed E-state index contributed by atoms with van der Waals surface area (Å²) in [5, 5.41) is 0. The maximum atomic E-state index is 13.3. The number of halogens is 2. The number of benzene rings is 1. The smallest absolute Gasteiger partial charge is 0.167 e. The third-order valence-electron chi connectivity index (χ3n) is 2.36. The van der Waals surface area contributed by atoms with Crippen molar-refractivity contribution in [3.8, 4) is 0 Å². The molecule has 2 rings (SSSR count). The predicted molar refractivity (Wildman–Crippen MR) is 66.4 cm³/mol. The fourth-order valence-electron chi connectivity index (χ4n) is 1.46. The molecule has 1 aromatic heterocycles. The molecule has 0 saturated heterocycles. The molecule has 0 aliphatic heterocycles. The number of carbonyl (C=O) groups is 1. The maximum Gasteiger partial charge on any atom is 0.167 e. The number of Topliss-reactive ketones (excluding diaryl/α,β-unsaturated/α-hetero) is 1. The molecule has 17 heavy (non-hydrogen) atoms. The van der Waals surface area contributed by atoms with Gasteiger partial charge in [-0.05, 0) is 45.8 Å². The highest BCUT2D eigenvalue weighted by Gasteiger charge is 2.09. The molecule has 2 aromatic rings. The summed E-state index contributed by atoms with van der Waals surface area (Å²) in [6.45, 7) is 0. The van der Waals surface area contributed by atoms with E-state index in [1.54, 1.807) is 30.6 Å². The normalized spacial score (nSPS) is 10.2. The first-order chi connectivity index (χ1) is 8.16. The van der Waals surface area contributed by atoms with Gasteiger partial charge in [0.2, 0.25) is 0 Å². The van der Waals surface area contributed by atoms with Crippen LogP contribution in [0, 0.1) is 5.82 Å². The average Bonchev–Trinajstić information content (AvgIpc) is 2.34. The van der Waals surface area contributed by atoms with E-state index in [-0.39, 0.29) is 12.2 Å². The van der Waals surface area contributed by atoms with Crippen LogP contribution in [0.1, 0.15) is 15.9 Å². The molecule has 0 fully saturated rings. The number of pyridine rings is 1. The van der Waals surface area contributed by atoms with Crippen LogP contribution in [0.25, 0.3) is 0 Å². The highest BCUT2D eigenvalue weighted by molar-refractivity contribution is 9.10. The summed E-state index contributed by atoms with van der Waals surface area (Å²) < 4.78 is 13.6. The molecule has 0 aliphatic carbocycles. The van der Waals surface area contributed by atoms with Gasteiger partial charge in [0.15, 0.2) is 5.78 Å². The van der Waals surface area contributed by atoms with E-state index in [0.717, 1.165) is 5.56 Å². The minimum absolute atomic E-state index is 0.109. The molecule has 1 heterocycles. The fraction of sp³-hybridized carbons (Fsp3) is 0.0769. The van der Waals surface area contributed by atoms with Crippen molar-refractivity contribution >= 4 is 21.7 Å². The van der Waals surface area contributed by atoms with Crippen LogP contribution in [0.5, 0.6) is 0 Å². The lowest BCUT2D eigenvalue weighted by atomic mass is 10.0. The van der Waals surface area contributed by atoms with E-state index in [1.165, 1.54) is 12.1 Å². The van der Waals surface area contributed by atoms with Crippen molar-refractivity contribution in [1.82, 2.24) is 4.98 Å². The molecule has 0 spiro atoms. The van der Waals surface area contributed by atoms with Gasteiger partial charge in [-0.1, -0.05) is 6.07 Å². The molecule has 0 aliphatic rings. The van der Waals surface area contributed by atoms with E-state index in [4.69, 9.17) is 0 Å². The van der Waals surface area contributed by atoms with E-state index in [1.807, 2.05) is 0 Å². The third kappa shape index (κ3) is 2.97. The summed E-state index contributed by atoms with van der Waals surface area (Å²) in [6.07, 6.45) is 3.51. The molecule has 86 valence electrons. The zero-order valence-electron chi connectivity index (χ0n) is 8.86. The van der Waals surface area contributed by atoms with Crippen molar-refractivity contribution in [2.75, 3.05) is 0 Å². The molecule has 0 unspecified atom stereocenters. The molecule has 0 saturated carbocycles. The highest BCUT2D eigenvalue weighted by atomic mass is 79.9. The summed E-state index contributed by atoms with van der Waals surface area (Å²) in [7, 11) is 0. The van der Waals surface area contributed by atoms with Gasteiger partial charge in [-0.2, -0.15) is 0 Å². The zero-order chi connectivity index (χ0) is 12.3. The van der Waals surface area contributed by atoms with Gasteiger partial charge in [0.1, 0.15) is 5.82 Å². The van der Waals surface area contributed by atoms with E-state index in [2.05, 4.69) is 20.9 Å². The monoisotopic (exact) mass is 293 g/mol. The number of carbonyl (C=O) groups excluding carboxylic acids is 1. The first-order valence-corrected chi connectivity index (χ1v) is 5.83. The van der Waals surface area contributed by atoms with Crippen molar-refractivity contribution in [2.45, 2.75) is 6.42 Å².